The molecule has 1 nitrogen and oxygen atoms in total. The second kappa shape index (κ2) is 3.83. The van der Waals surface area contributed by atoms with E-state index in [0.29, 0.717) is 11.1 Å². The van der Waals surface area contributed by atoms with Crippen LogP contribution in [0.2, 0.25) is 0 Å². The van der Waals surface area contributed by atoms with E-state index in [-0.39, 0.29) is 6.42 Å². The Balaban J connectivity index is 3.05. The normalized spacial score (nSPS) is 13.0. The van der Waals surface area contributed by atoms with Crippen molar-refractivity contribution in [3.05, 3.63) is 34.9 Å². The number of hydrogen-bond acceptors (Lipinski definition) is 1. The van der Waals surface area contributed by atoms with Crippen molar-refractivity contribution < 1.29 is 13.9 Å². The summed E-state index contributed by atoms with van der Waals surface area (Å²) >= 11 is 0. The van der Waals surface area contributed by atoms with E-state index >= 15 is 0 Å². The smallest absolute Gasteiger partial charge is 0.129 e. The summed E-state index contributed by atoms with van der Waals surface area (Å²) in [6.07, 6.45) is -0.305. The molecule has 0 saturated carbocycles. The minimum absolute atomic E-state index is 0.278. The van der Waals surface area contributed by atoms with Crippen LogP contribution in [0.3, 0.4) is 0 Å². The molecule has 0 bridgehead atoms. The molecule has 0 radical (unpaired) electrons. The summed E-state index contributed by atoms with van der Waals surface area (Å²) < 4.78 is 25.7. The molecule has 0 unspecified atom stereocenters. The van der Waals surface area contributed by atoms with E-state index in [1.54, 1.807) is 13.8 Å². The zero-order valence-electron chi connectivity index (χ0n) is 7.64. The van der Waals surface area contributed by atoms with E-state index in [9.17, 15) is 8.78 Å². The molecule has 0 spiro atoms. The number of rotatable bonds is 2. The van der Waals surface area contributed by atoms with E-state index in [1.807, 2.05) is 0 Å². The van der Waals surface area contributed by atoms with Gasteiger partial charge in [0, 0.05) is 6.07 Å². The first kappa shape index (κ1) is 10.1. The molecule has 1 rings (SSSR count). The van der Waals surface area contributed by atoms with Crippen molar-refractivity contribution in [2.45, 2.75) is 26.4 Å². The molecule has 0 aliphatic rings. The van der Waals surface area contributed by atoms with Gasteiger partial charge in [0.05, 0.1) is 6.10 Å². The predicted octanol–water partition coefficient (Wildman–Crippen LogP) is 2.20. The molecule has 0 amide bonds. The van der Waals surface area contributed by atoms with Gasteiger partial charge >= 0.3 is 0 Å². The van der Waals surface area contributed by atoms with E-state index in [2.05, 4.69) is 0 Å². The average molecular weight is 186 g/mol. The maximum atomic E-state index is 13.0. The first-order valence-corrected chi connectivity index (χ1v) is 4.13. The predicted molar refractivity (Wildman–Crippen MR) is 46.5 cm³/mol. The minimum atomic E-state index is -0.598. The van der Waals surface area contributed by atoms with Gasteiger partial charge in [0.15, 0.2) is 0 Å². The van der Waals surface area contributed by atoms with Crippen LogP contribution in [0.15, 0.2) is 12.1 Å². The van der Waals surface area contributed by atoms with Gasteiger partial charge in [0.1, 0.15) is 11.6 Å². The zero-order valence-corrected chi connectivity index (χ0v) is 7.64. The number of benzene rings is 1. The monoisotopic (exact) mass is 186 g/mol. The van der Waals surface area contributed by atoms with Gasteiger partial charge in [0.2, 0.25) is 0 Å². The third-order valence-corrected chi connectivity index (χ3v) is 1.93. The van der Waals surface area contributed by atoms with Crippen molar-refractivity contribution in [3.8, 4) is 0 Å². The molecule has 0 aliphatic heterocycles. The van der Waals surface area contributed by atoms with Crippen LogP contribution in [0.1, 0.15) is 18.1 Å². The SMILES string of the molecule is Cc1c(F)cc(F)cc1C[C@@H](C)O. The number of aliphatic hydroxyl groups excluding tert-OH is 1. The Hall–Kier alpha value is -0.960. The first-order valence-electron chi connectivity index (χ1n) is 4.13. The lowest BCUT2D eigenvalue weighted by atomic mass is 10.0. The Morgan fingerprint density at radius 3 is 2.54 bits per heavy atom. The van der Waals surface area contributed by atoms with Crippen LogP contribution in [0.5, 0.6) is 0 Å². The zero-order chi connectivity index (χ0) is 10.0. The third kappa shape index (κ3) is 2.49. The molecule has 1 aromatic rings. The standard InChI is InChI=1S/C10H12F2O/c1-6(13)3-8-4-9(11)5-10(12)7(8)2/h4-6,13H,3H2,1-2H3/t6-/m1/s1. The van der Waals surface area contributed by atoms with Crippen molar-refractivity contribution in [3.63, 3.8) is 0 Å². The van der Waals surface area contributed by atoms with Crippen molar-refractivity contribution in [1.82, 2.24) is 0 Å². The Labute approximate surface area is 76.0 Å². The van der Waals surface area contributed by atoms with Crippen molar-refractivity contribution in [2.24, 2.45) is 0 Å². The van der Waals surface area contributed by atoms with Gasteiger partial charge < -0.3 is 5.11 Å². The summed E-state index contributed by atoms with van der Waals surface area (Å²) in [4.78, 5) is 0. The molecule has 1 N–H and O–H groups in total. The summed E-state index contributed by atoms with van der Waals surface area (Å²) in [6.45, 7) is 3.16. The molecule has 1 atom stereocenters. The summed E-state index contributed by atoms with van der Waals surface area (Å²) in [7, 11) is 0. The lowest BCUT2D eigenvalue weighted by molar-refractivity contribution is 0.195. The molecule has 13 heavy (non-hydrogen) atoms. The molecule has 72 valence electrons. The second-order valence-corrected chi connectivity index (χ2v) is 3.22. The number of hydrogen-bond donors (Lipinski definition) is 1. The fourth-order valence-electron chi connectivity index (χ4n) is 1.23. The average Bonchev–Trinajstić information content (AvgIpc) is 1.98. The highest BCUT2D eigenvalue weighted by Gasteiger charge is 2.08. The van der Waals surface area contributed by atoms with Crippen LogP contribution in [0.25, 0.3) is 0 Å². The van der Waals surface area contributed by atoms with Crippen molar-refractivity contribution in [1.29, 1.82) is 0 Å². The maximum absolute atomic E-state index is 13.0. The van der Waals surface area contributed by atoms with Gasteiger partial charge in [-0.2, -0.15) is 0 Å². The van der Waals surface area contributed by atoms with Crippen LogP contribution in [0, 0.1) is 18.6 Å². The minimum Gasteiger partial charge on any atom is -0.393 e. The van der Waals surface area contributed by atoms with Crippen LogP contribution >= 0.6 is 0 Å². The molecule has 1 aromatic carbocycles. The van der Waals surface area contributed by atoms with Gasteiger partial charge in [-0.15, -0.1) is 0 Å². The van der Waals surface area contributed by atoms with Crippen LogP contribution in [-0.2, 0) is 6.42 Å². The quantitative estimate of drug-likeness (QED) is 0.750. The highest BCUT2D eigenvalue weighted by Crippen LogP contribution is 2.16. The largest absolute Gasteiger partial charge is 0.393 e. The Kier molecular flexibility index (Phi) is 2.98. The molecule has 0 heterocycles. The van der Waals surface area contributed by atoms with Crippen LogP contribution in [-0.4, -0.2) is 11.2 Å². The van der Waals surface area contributed by atoms with E-state index in [4.69, 9.17) is 5.11 Å². The van der Waals surface area contributed by atoms with Crippen molar-refractivity contribution >= 4 is 0 Å². The fraction of sp³-hybridized carbons (Fsp3) is 0.400. The highest BCUT2D eigenvalue weighted by molar-refractivity contribution is 5.28. The van der Waals surface area contributed by atoms with Gasteiger partial charge in [-0.3, -0.25) is 0 Å². The molecule has 0 saturated heterocycles. The summed E-state index contributed by atoms with van der Waals surface area (Å²) in [5.41, 5.74) is 0.926. The third-order valence-electron chi connectivity index (χ3n) is 1.93. The highest BCUT2D eigenvalue weighted by atomic mass is 19.1. The van der Waals surface area contributed by atoms with Gasteiger partial charge in [-0.1, -0.05) is 0 Å². The maximum Gasteiger partial charge on any atom is 0.129 e. The molecular formula is C10H12F2O. The van der Waals surface area contributed by atoms with E-state index in [0.717, 1.165) is 6.07 Å². The van der Waals surface area contributed by atoms with E-state index < -0.39 is 17.7 Å². The van der Waals surface area contributed by atoms with Crippen molar-refractivity contribution in [2.75, 3.05) is 0 Å². The van der Waals surface area contributed by atoms with Gasteiger partial charge in [0.25, 0.3) is 0 Å². The lowest BCUT2D eigenvalue weighted by Gasteiger charge is -2.08. The van der Waals surface area contributed by atoms with Gasteiger partial charge in [-0.05, 0) is 37.5 Å². The topological polar surface area (TPSA) is 20.2 Å². The Bertz CT molecular complexity index is 308. The Morgan fingerprint density at radius 2 is 2.00 bits per heavy atom. The molecule has 0 aliphatic carbocycles. The van der Waals surface area contributed by atoms with Crippen LogP contribution in [0.4, 0.5) is 8.78 Å². The fourth-order valence-corrected chi connectivity index (χ4v) is 1.23. The lowest BCUT2D eigenvalue weighted by Crippen LogP contribution is -2.07. The summed E-state index contributed by atoms with van der Waals surface area (Å²) in [5.74, 6) is -1.16. The van der Waals surface area contributed by atoms with Crippen LogP contribution < -0.4 is 0 Å². The molecule has 3 heteroatoms. The molecule has 0 fully saturated rings. The Morgan fingerprint density at radius 1 is 1.38 bits per heavy atom. The number of aliphatic hydroxyl groups is 1. The second-order valence-electron chi connectivity index (χ2n) is 3.22. The first-order chi connectivity index (χ1) is 6.00. The summed E-state index contributed by atoms with van der Waals surface area (Å²) in [5, 5.41) is 9.07. The number of halogens is 2. The van der Waals surface area contributed by atoms with Gasteiger partial charge in [-0.25, -0.2) is 8.78 Å². The van der Waals surface area contributed by atoms with E-state index in [1.165, 1.54) is 6.07 Å². The molecular weight excluding hydrogens is 174 g/mol. The summed E-state index contributed by atoms with van der Waals surface area (Å²) in [6, 6.07) is 2.10. The molecule has 0 aromatic heterocycles.